The number of amides is 2. The lowest BCUT2D eigenvalue weighted by atomic mass is 9.90. The van der Waals surface area contributed by atoms with Gasteiger partial charge in [0.25, 0.3) is 0 Å². The van der Waals surface area contributed by atoms with Gasteiger partial charge in [-0.1, -0.05) is 6.07 Å². The van der Waals surface area contributed by atoms with Crippen LogP contribution in [-0.4, -0.2) is 82.0 Å². The molecule has 1 aromatic carbocycles. The number of ether oxygens (including phenoxy) is 1. The number of fused-ring (bicyclic) bond motifs is 1. The van der Waals surface area contributed by atoms with Crippen molar-refractivity contribution in [2.45, 2.75) is 37.8 Å². The molecule has 2 aliphatic rings. The average Bonchev–Trinajstić information content (AvgIpc) is 3.26. The number of likely N-dealkylation sites (N-methyl/N-ethyl adjacent to an activating group) is 1. The molecule has 11 heteroatoms. The molecule has 1 saturated carbocycles. The van der Waals surface area contributed by atoms with E-state index >= 15 is 0 Å². The Bertz CT molecular complexity index is 1210. The van der Waals surface area contributed by atoms with Crippen molar-refractivity contribution in [2.24, 2.45) is 5.73 Å². The van der Waals surface area contributed by atoms with Gasteiger partial charge in [-0.25, -0.2) is 19.4 Å². The predicted octanol–water partition coefficient (Wildman–Crippen LogP) is 2.31. The maximum Gasteiger partial charge on any atom is 0.316 e. The summed E-state index contributed by atoms with van der Waals surface area (Å²) in [6, 6.07) is 5.64. The predicted molar refractivity (Wildman–Crippen MR) is 135 cm³/mol. The maximum absolute atomic E-state index is 11.3. The van der Waals surface area contributed by atoms with Crippen molar-refractivity contribution in [1.82, 2.24) is 29.5 Å². The van der Waals surface area contributed by atoms with E-state index < -0.39 is 6.03 Å². The number of primary amides is 1. The Morgan fingerprint density at radius 2 is 1.80 bits per heavy atom. The molecule has 1 aliphatic carbocycles. The van der Waals surface area contributed by atoms with E-state index in [0.717, 1.165) is 68.5 Å². The number of rotatable bonds is 5. The Labute approximate surface area is 204 Å². The number of urea groups is 1. The van der Waals surface area contributed by atoms with Crippen molar-refractivity contribution in [1.29, 1.82) is 0 Å². The lowest BCUT2D eigenvalue weighted by molar-refractivity contribution is 0.0815. The van der Waals surface area contributed by atoms with Crippen molar-refractivity contribution in [2.75, 3.05) is 51.4 Å². The van der Waals surface area contributed by atoms with E-state index in [1.165, 1.54) is 13.4 Å². The lowest BCUT2D eigenvalue weighted by Gasteiger charge is -2.41. The smallest absolute Gasteiger partial charge is 0.316 e. The van der Waals surface area contributed by atoms with Crippen LogP contribution < -0.4 is 21.5 Å². The number of hydrogen-bond acceptors (Lipinski definition) is 8. The largest absolute Gasteiger partial charge is 0.495 e. The number of methoxy groups -OCH3 is 1. The number of anilines is 2. The zero-order valence-corrected chi connectivity index (χ0v) is 20.3. The van der Waals surface area contributed by atoms with Crippen LogP contribution in [0.1, 0.15) is 31.7 Å². The molecule has 2 fully saturated rings. The number of nitrogen functional groups attached to an aromatic ring is 1. The summed E-state index contributed by atoms with van der Waals surface area (Å²) in [6.07, 6.45) is 5.87. The molecular weight excluding hydrogens is 446 g/mol. The molecule has 0 spiro atoms. The van der Waals surface area contributed by atoms with Crippen LogP contribution in [0.3, 0.4) is 0 Å². The molecule has 3 heterocycles. The Hall–Kier alpha value is -3.44. The molecule has 2 amide bonds. The van der Waals surface area contributed by atoms with Crippen LogP contribution in [0.5, 0.6) is 5.75 Å². The Morgan fingerprint density at radius 1 is 1.09 bits per heavy atom. The van der Waals surface area contributed by atoms with Crippen molar-refractivity contribution in [3.05, 3.63) is 24.5 Å². The number of nitrogens with zero attached hydrogens (tertiary/aromatic N) is 6. The van der Waals surface area contributed by atoms with Gasteiger partial charge in [0, 0.05) is 37.8 Å². The second kappa shape index (κ2) is 9.67. The van der Waals surface area contributed by atoms with Gasteiger partial charge < -0.3 is 26.4 Å². The van der Waals surface area contributed by atoms with Gasteiger partial charge in [0.05, 0.1) is 24.2 Å². The van der Waals surface area contributed by atoms with E-state index in [0.29, 0.717) is 29.0 Å². The summed E-state index contributed by atoms with van der Waals surface area (Å²) < 4.78 is 7.51. The van der Waals surface area contributed by atoms with Crippen LogP contribution in [-0.2, 0) is 0 Å². The molecule has 186 valence electrons. The van der Waals surface area contributed by atoms with Crippen LogP contribution in [0.2, 0.25) is 0 Å². The number of carbonyl (C=O) groups excluding carboxylic acids is 1. The molecule has 0 atom stereocenters. The summed E-state index contributed by atoms with van der Waals surface area (Å²) in [5.74, 6) is 0.868. The third-order valence-corrected chi connectivity index (χ3v) is 7.32. The van der Waals surface area contributed by atoms with E-state index in [9.17, 15) is 4.79 Å². The summed E-state index contributed by atoms with van der Waals surface area (Å²) >= 11 is 0. The zero-order valence-electron chi connectivity index (χ0n) is 20.3. The highest BCUT2D eigenvalue weighted by Crippen LogP contribution is 2.38. The van der Waals surface area contributed by atoms with Gasteiger partial charge in [0.15, 0.2) is 5.65 Å². The van der Waals surface area contributed by atoms with E-state index in [1.54, 1.807) is 6.07 Å². The Kier molecular flexibility index (Phi) is 6.44. The summed E-state index contributed by atoms with van der Waals surface area (Å²) in [5, 5.41) is 8.31. The summed E-state index contributed by atoms with van der Waals surface area (Å²) in [5.41, 5.74) is 14.3. The fraction of sp³-hybridized carbons (Fsp3) is 0.500. The number of hydrogen-bond donors (Lipinski definition) is 3. The number of nitrogens with two attached hydrogens (primary N) is 2. The first-order valence-corrected chi connectivity index (χ1v) is 12.1. The first-order valence-electron chi connectivity index (χ1n) is 12.1. The van der Waals surface area contributed by atoms with Crippen LogP contribution in [0.4, 0.5) is 16.3 Å². The highest BCUT2D eigenvalue weighted by Gasteiger charge is 2.30. The molecule has 5 N–H and O–H groups in total. The summed E-state index contributed by atoms with van der Waals surface area (Å²) in [7, 11) is 3.73. The molecule has 1 aliphatic heterocycles. The highest BCUT2D eigenvalue weighted by molar-refractivity contribution is 5.99. The first kappa shape index (κ1) is 23.3. The van der Waals surface area contributed by atoms with E-state index in [1.807, 2.05) is 16.8 Å². The summed E-state index contributed by atoms with van der Waals surface area (Å²) in [4.78, 5) is 25.2. The minimum absolute atomic E-state index is 0.252. The normalized spacial score (nSPS) is 21.8. The van der Waals surface area contributed by atoms with E-state index in [-0.39, 0.29) is 6.04 Å². The first-order chi connectivity index (χ1) is 16.9. The molecule has 0 bridgehead atoms. The van der Waals surface area contributed by atoms with Gasteiger partial charge in [-0.3, -0.25) is 4.90 Å². The molecule has 3 aromatic rings. The van der Waals surface area contributed by atoms with Gasteiger partial charge in [-0.2, -0.15) is 5.10 Å². The number of nitrogens with one attached hydrogen (secondary N) is 1. The molecule has 11 nitrogen and oxygen atoms in total. The van der Waals surface area contributed by atoms with Crippen molar-refractivity contribution in [3.63, 3.8) is 0 Å². The minimum Gasteiger partial charge on any atom is -0.495 e. The average molecular weight is 480 g/mol. The van der Waals surface area contributed by atoms with Crippen LogP contribution in [0.25, 0.3) is 22.3 Å². The molecule has 1 saturated heterocycles. The Balaban J connectivity index is 1.44. The molecule has 0 radical (unpaired) electrons. The molecule has 35 heavy (non-hydrogen) atoms. The molecular formula is C24H33N9O2. The van der Waals surface area contributed by atoms with Gasteiger partial charge >= 0.3 is 6.03 Å². The number of benzene rings is 1. The topological polar surface area (TPSA) is 140 Å². The second-order valence-corrected chi connectivity index (χ2v) is 9.46. The standard InChI is InChI=1S/C24H33N9O2/c1-31-9-11-32(12-10-31)16-4-6-17(7-5-16)33-23-20(22(25)27-14-28-23)21(30-33)15-3-8-18(29-24(26)34)19(13-15)35-2/h3,8,13-14,16-17H,4-7,9-12H2,1-2H3,(H2,25,27,28)(H3,26,29,34)/t16-,17-. The van der Waals surface area contributed by atoms with E-state index in [2.05, 4.69) is 32.1 Å². The van der Waals surface area contributed by atoms with Gasteiger partial charge in [0.2, 0.25) is 0 Å². The van der Waals surface area contributed by atoms with Crippen LogP contribution in [0, 0.1) is 0 Å². The quantitative estimate of drug-likeness (QED) is 0.506. The van der Waals surface area contributed by atoms with Crippen molar-refractivity contribution < 1.29 is 9.53 Å². The number of carbonyl (C=O) groups is 1. The lowest BCUT2D eigenvalue weighted by Crippen LogP contribution is -2.49. The van der Waals surface area contributed by atoms with Gasteiger partial charge in [-0.05, 0) is 44.9 Å². The summed E-state index contributed by atoms with van der Waals surface area (Å²) in [6.45, 7) is 4.57. The maximum atomic E-state index is 11.3. The SMILES string of the molecule is COc1cc(-c2nn([C@H]3CC[C@H](N4CCN(C)CC4)CC3)c3ncnc(N)c23)ccc1NC(N)=O. The van der Waals surface area contributed by atoms with Crippen molar-refractivity contribution >= 4 is 28.6 Å². The van der Waals surface area contributed by atoms with Crippen LogP contribution in [0.15, 0.2) is 24.5 Å². The third-order valence-electron chi connectivity index (χ3n) is 7.32. The van der Waals surface area contributed by atoms with E-state index in [4.69, 9.17) is 21.3 Å². The van der Waals surface area contributed by atoms with Gasteiger partial charge in [0.1, 0.15) is 23.6 Å². The molecule has 0 unspecified atom stereocenters. The highest BCUT2D eigenvalue weighted by atomic mass is 16.5. The molecule has 5 rings (SSSR count). The number of aromatic nitrogens is 4. The third kappa shape index (κ3) is 4.61. The van der Waals surface area contributed by atoms with Crippen LogP contribution >= 0.6 is 0 Å². The van der Waals surface area contributed by atoms with Gasteiger partial charge in [-0.15, -0.1) is 0 Å². The fourth-order valence-corrected chi connectivity index (χ4v) is 5.38. The fourth-order valence-electron chi connectivity index (χ4n) is 5.38. The van der Waals surface area contributed by atoms with Crippen molar-refractivity contribution in [3.8, 4) is 17.0 Å². The monoisotopic (exact) mass is 479 g/mol. The minimum atomic E-state index is -0.657. The second-order valence-electron chi connectivity index (χ2n) is 9.46. The number of piperazine rings is 1. The zero-order chi connectivity index (χ0) is 24.5. The Morgan fingerprint density at radius 3 is 2.49 bits per heavy atom. The molecule has 2 aromatic heterocycles.